The molecule has 1 aromatic heterocycles. The third kappa shape index (κ3) is 5.60. The SMILES string of the molecule is Cc1cc(CO)nc(CCOCC(F)(F)F)n1. The number of aliphatic hydroxyl groups is 1. The van der Waals surface area contributed by atoms with Crippen LogP contribution in [0.5, 0.6) is 0 Å². The molecule has 0 atom stereocenters. The lowest BCUT2D eigenvalue weighted by molar-refractivity contribution is -0.173. The molecule has 0 bridgehead atoms. The van der Waals surface area contributed by atoms with Gasteiger partial charge in [-0.05, 0) is 13.0 Å². The molecule has 0 spiro atoms. The molecule has 7 heteroatoms. The smallest absolute Gasteiger partial charge is 0.390 e. The Bertz CT molecular complexity index is 369. The predicted octanol–water partition coefficient (Wildman–Crippen LogP) is 1.40. The number of hydrogen-bond donors (Lipinski definition) is 1. The molecule has 1 rings (SSSR count). The van der Waals surface area contributed by atoms with E-state index in [2.05, 4.69) is 14.7 Å². The molecule has 0 fully saturated rings. The van der Waals surface area contributed by atoms with Crippen LogP contribution in [-0.2, 0) is 17.8 Å². The molecule has 0 unspecified atom stereocenters. The van der Waals surface area contributed by atoms with Crippen LogP contribution in [0, 0.1) is 6.92 Å². The summed E-state index contributed by atoms with van der Waals surface area (Å²) in [5.41, 5.74) is 1.11. The Labute approximate surface area is 96.5 Å². The minimum atomic E-state index is -4.32. The van der Waals surface area contributed by atoms with Gasteiger partial charge in [-0.2, -0.15) is 13.2 Å². The van der Waals surface area contributed by atoms with E-state index in [4.69, 9.17) is 5.11 Å². The summed E-state index contributed by atoms with van der Waals surface area (Å²) < 4.78 is 39.8. The van der Waals surface area contributed by atoms with Crippen LogP contribution < -0.4 is 0 Å². The van der Waals surface area contributed by atoms with Crippen molar-refractivity contribution >= 4 is 0 Å². The zero-order chi connectivity index (χ0) is 12.9. The summed E-state index contributed by atoms with van der Waals surface area (Å²) in [6.07, 6.45) is -4.13. The maximum Gasteiger partial charge on any atom is 0.411 e. The standard InChI is InChI=1S/C10H13F3N2O2/c1-7-4-8(5-16)15-9(14-7)2-3-17-6-10(11,12)13/h4,16H,2-3,5-6H2,1H3. The van der Waals surface area contributed by atoms with Crippen molar-refractivity contribution in [3.63, 3.8) is 0 Å². The van der Waals surface area contributed by atoms with Crippen molar-refractivity contribution in [3.05, 3.63) is 23.3 Å². The summed E-state index contributed by atoms with van der Waals surface area (Å²) in [6.45, 7) is 0.125. The fraction of sp³-hybridized carbons (Fsp3) is 0.600. The summed E-state index contributed by atoms with van der Waals surface area (Å²) in [5, 5.41) is 8.89. The van der Waals surface area contributed by atoms with Gasteiger partial charge >= 0.3 is 6.18 Å². The molecule has 0 saturated carbocycles. The number of rotatable bonds is 5. The molecule has 0 aliphatic carbocycles. The lowest BCUT2D eigenvalue weighted by atomic mass is 10.3. The van der Waals surface area contributed by atoms with E-state index < -0.39 is 12.8 Å². The Balaban J connectivity index is 2.44. The lowest BCUT2D eigenvalue weighted by Crippen LogP contribution is -2.18. The second-order valence-corrected chi connectivity index (χ2v) is 3.49. The van der Waals surface area contributed by atoms with Crippen LogP contribution in [-0.4, -0.2) is 34.5 Å². The first-order chi connectivity index (χ1) is 7.90. The Kier molecular flexibility index (Phi) is 4.83. The highest BCUT2D eigenvalue weighted by molar-refractivity contribution is 5.09. The van der Waals surface area contributed by atoms with Gasteiger partial charge in [0.05, 0.1) is 18.9 Å². The zero-order valence-electron chi connectivity index (χ0n) is 9.29. The summed E-state index contributed by atoms with van der Waals surface area (Å²) in [6, 6.07) is 1.61. The zero-order valence-corrected chi connectivity index (χ0v) is 9.29. The second kappa shape index (κ2) is 5.92. The van der Waals surface area contributed by atoms with E-state index in [1.807, 2.05) is 0 Å². The van der Waals surface area contributed by atoms with E-state index in [9.17, 15) is 13.2 Å². The highest BCUT2D eigenvalue weighted by atomic mass is 19.4. The molecular formula is C10H13F3N2O2. The van der Waals surface area contributed by atoms with Crippen LogP contribution in [0.3, 0.4) is 0 Å². The molecule has 1 aromatic rings. The minimum Gasteiger partial charge on any atom is -0.390 e. The Morgan fingerprint density at radius 2 is 2.06 bits per heavy atom. The number of aliphatic hydroxyl groups excluding tert-OH is 1. The normalized spacial score (nSPS) is 11.8. The monoisotopic (exact) mass is 250 g/mol. The van der Waals surface area contributed by atoms with Gasteiger partial charge in [0.1, 0.15) is 12.4 Å². The first-order valence-corrected chi connectivity index (χ1v) is 4.99. The average Bonchev–Trinajstić information content (AvgIpc) is 2.22. The number of hydrogen-bond acceptors (Lipinski definition) is 4. The highest BCUT2D eigenvalue weighted by Crippen LogP contribution is 2.14. The number of ether oxygens (including phenoxy) is 1. The van der Waals surface area contributed by atoms with Crippen molar-refractivity contribution in [1.82, 2.24) is 9.97 Å². The maximum atomic E-state index is 11.8. The molecular weight excluding hydrogens is 237 g/mol. The lowest BCUT2D eigenvalue weighted by Gasteiger charge is -2.07. The van der Waals surface area contributed by atoms with Crippen molar-refractivity contribution < 1.29 is 23.0 Å². The van der Waals surface area contributed by atoms with E-state index >= 15 is 0 Å². The third-order valence-corrected chi connectivity index (χ3v) is 1.85. The Hall–Kier alpha value is -1.21. The van der Waals surface area contributed by atoms with Crippen molar-refractivity contribution in [3.8, 4) is 0 Å². The van der Waals surface area contributed by atoms with Gasteiger partial charge < -0.3 is 9.84 Å². The summed E-state index contributed by atoms with van der Waals surface area (Å²) in [7, 11) is 0. The van der Waals surface area contributed by atoms with Gasteiger partial charge in [-0.15, -0.1) is 0 Å². The Morgan fingerprint density at radius 3 is 2.65 bits per heavy atom. The molecule has 96 valence electrons. The van der Waals surface area contributed by atoms with E-state index in [1.54, 1.807) is 13.0 Å². The van der Waals surface area contributed by atoms with Crippen molar-refractivity contribution in [1.29, 1.82) is 0 Å². The molecule has 0 saturated heterocycles. The van der Waals surface area contributed by atoms with E-state index in [0.717, 1.165) is 0 Å². The number of nitrogens with zero attached hydrogens (tertiary/aromatic N) is 2. The van der Waals surface area contributed by atoms with Gasteiger partial charge in [0.25, 0.3) is 0 Å². The number of halogens is 3. The number of aromatic nitrogens is 2. The van der Waals surface area contributed by atoms with Gasteiger partial charge in [0, 0.05) is 12.1 Å². The van der Waals surface area contributed by atoms with Gasteiger partial charge in [-0.1, -0.05) is 0 Å². The van der Waals surface area contributed by atoms with Crippen LogP contribution in [0.1, 0.15) is 17.2 Å². The van der Waals surface area contributed by atoms with Crippen LogP contribution >= 0.6 is 0 Å². The molecule has 0 aliphatic rings. The first-order valence-electron chi connectivity index (χ1n) is 4.99. The molecule has 1 heterocycles. The van der Waals surface area contributed by atoms with Crippen LogP contribution in [0.25, 0.3) is 0 Å². The largest absolute Gasteiger partial charge is 0.411 e. The van der Waals surface area contributed by atoms with Crippen molar-refractivity contribution in [2.24, 2.45) is 0 Å². The minimum absolute atomic E-state index is 0.103. The topological polar surface area (TPSA) is 55.2 Å². The van der Waals surface area contributed by atoms with Gasteiger partial charge in [0.2, 0.25) is 0 Å². The molecule has 0 aliphatic heterocycles. The van der Waals surface area contributed by atoms with E-state index in [0.29, 0.717) is 17.2 Å². The van der Waals surface area contributed by atoms with E-state index in [1.165, 1.54) is 0 Å². The van der Waals surface area contributed by atoms with Crippen molar-refractivity contribution in [2.75, 3.05) is 13.2 Å². The molecule has 1 N–H and O–H groups in total. The van der Waals surface area contributed by atoms with Crippen LogP contribution in [0.4, 0.5) is 13.2 Å². The van der Waals surface area contributed by atoms with Crippen molar-refractivity contribution in [2.45, 2.75) is 26.1 Å². The van der Waals surface area contributed by atoms with Crippen LogP contribution in [0.15, 0.2) is 6.07 Å². The third-order valence-electron chi connectivity index (χ3n) is 1.85. The summed E-state index contributed by atoms with van der Waals surface area (Å²) in [5.74, 6) is 0.372. The maximum absolute atomic E-state index is 11.8. The van der Waals surface area contributed by atoms with Gasteiger partial charge in [-0.25, -0.2) is 9.97 Å². The van der Waals surface area contributed by atoms with E-state index in [-0.39, 0.29) is 19.6 Å². The summed E-state index contributed by atoms with van der Waals surface area (Å²) >= 11 is 0. The number of aryl methyl sites for hydroxylation is 1. The highest BCUT2D eigenvalue weighted by Gasteiger charge is 2.27. The predicted molar refractivity (Wildman–Crippen MR) is 53.3 cm³/mol. The van der Waals surface area contributed by atoms with Gasteiger partial charge in [0.15, 0.2) is 0 Å². The quantitative estimate of drug-likeness (QED) is 0.802. The van der Waals surface area contributed by atoms with Gasteiger partial charge in [-0.3, -0.25) is 0 Å². The average molecular weight is 250 g/mol. The summed E-state index contributed by atoms with van der Waals surface area (Å²) in [4.78, 5) is 8.00. The second-order valence-electron chi connectivity index (χ2n) is 3.49. The van der Waals surface area contributed by atoms with Crippen LogP contribution in [0.2, 0.25) is 0 Å². The molecule has 17 heavy (non-hydrogen) atoms. The fourth-order valence-corrected chi connectivity index (χ4v) is 1.24. The molecule has 0 amide bonds. The molecule has 0 aromatic carbocycles. The Morgan fingerprint density at radius 1 is 1.35 bits per heavy atom. The fourth-order valence-electron chi connectivity index (χ4n) is 1.24. The molecule has 4 nitrogen and oxygen atoms in total. The first kappa shape index (κ1) is 13.9. The number of alkyl halides is 3. The molecule has 0 radical (unpaired) electrons.